The molecule has 0 N–H and O–H groups in total. The van der Waals surface area contributed by atoms with Crippen molar-refractivity contribution in [3.05, 3.63) is 35.4 Å². The fourth-order valence-electron chi connectivity index (χ4n) is 1.38. The molecule has 0 fully saturated rings. The van der Waals surface area contributed by atoms with Crippen LogP contribution in [0.3, 0.4) is 0 Å². The molecule has 0 saturated heterocycles. The molecule has 0 bridgehead atoms. The Morgan fingerprint density at radius 3 is 1.86 bits per heavy atom. The first-order valence-corrected chi connectivity index (χ1v) is 4.92. The molecule has 2 nitrogen and oxygen atoms in total. The first kappa shape index (κ1) is 11.2. The zero-order chi connectivity index (χ0) is 10.2. The van der Waals surface area contributed by atoms with Crippen LogP contribution in [0.4, 0.5) is 0 Å². The van der Waals surface area contributed by atoms with Crippen molar-refractivity contribution in [2.45, 2.75) is 12.8 Å². The Morgan fingerprint density at radius 1 is 0.929 bits per heavy atom. The van der Waals surface area contributed by atoms with Gasteiger partial charge in [0.1, 0.15) is 0 Å². The molecule has 1 aromatic carbocycles. The summed E-state index contributed by atoms with van der Waals surface area (Å²) in [6, 6.07) is 8.58. The van der Waals surface area contributed by atoms with Gasteiger partial charge in [-0.3, -0.25) is 0 Å². The number of hydrogen-bond acceptors (Lipinski definition) is 2. The maximum absolute atomic E-state index is 5.04. The van der Waals surface area contributed by atoms with Crippen molar-refractivity contribution in [3.63, 3.8) is 0 Å². The zero-order valence-corrected chi connectivity index (χ0v) is 8.95. The third kappa shape index (κ3) is 3.90. The highest BCUT2D eigenvalue weighted by atomic mass is 16.5. The molecule has 0 atom stereocenters. The van der Waals surface area contributed by atoms with Crippen LogP contribution in [0.15, 0.2) is 24.3 Å². The lowest BCUT2D eigenvalue weighted by molar-refractivity contribution is 0.201. The Balaban J connectivity index is 2.50. The van der Waals surface area contributed by atoms with E-state index in [1.54, 1.807) is 14.2 Å². The van der Waals surface area contributed by atoms with E-state index in [0.29, 0.717) is 0 Å². The van der Waals surface area contributed by atoms with Crippen LogP contribution >= 0.6 is 0 Å². The summed E-state index contributed by atoms with van der Waals surface area (Å²) in [4.78, 5) is 0. The number of rotatable bonds is 6. The highest BCUT2D eigenvalue weighted by molar-refractivity contribution is 5.23. The molecule has 0 aliphatic heterocycles. The van der Waals surface area contributed by atoms with Crippen LogP contribution in [0, 0.1) is 0 Å². The Bertz CT molecular complexity index is 235. The van der Waals surface area contributed by atoms with E-state index in [0.717, 1.165) is 26.1 Å². The monoisotopic (exact) mass is 194 g/mol. The van der Waals surface area contributed by atoms with Gasteiger partial charge in [-0.15, -0.1) is 0 Å². The molecule has 14 heavy (non-hydrogen) atoms. The lowest BCUT2D eigenvalue weighted by Gasteiger charge is -2.04. The van der Waals surface area contributed by atoms with Crippen LogP contribution in [0.25, 0.3) is 0 Å². The quantitative estimate of drug-likeness (QED) is 0.690. The molecule has 0 spiro atoms. The van der Waals surface area contributed by atoms with Gasteiger partial charge in [0.25, 0.3) is 0 Å². The number of ether oxygens (including phenoxy) is 2. The van der Waals surface area contributed by atoms with Gasteiger partial charge in [0, 0.05) is 14.2 Å². The standard InChI is InChI=1S/C12H18O2/c1-13-8-6-11-4-3-5-12(10-11)7-9-14-2/h3-5,10H,6-9H2,1-2H3. The molecule has 0 unspecified atom stereocenters. The fourth-order valence-corrected chi connectivity index (χ4v) is 1.38. The third-order valence-corrected chi connectivity index (χ3v) is 2.18. The van der Waals surface area contributed by atoms with E-state index in [9.17, 15) is 0 Å². The van der Waals surface area contributed by atoms with Crippen molar-refractivity contribution in [1.29, 1.82) is 0 Å². The first-order valence-electron chi connectivity index (χ1n) is 4.92. The molecule has 0 amide bonds. The van der Waals surface area contributed by atoms with E-state index in [2.05, 4.69) is 24.3 Å². The minimum atomic E-state index is 0.785. The smallest absolute Gasteiger partial charge is 0.0502 e. The lowest BCUT2D eigenvalue weighted by Crippen LogP contribution is -1.98. The molecule has 0 heterocycles. The summed E-state index contributed by atoms with van der Waals surface area (Å²) in [5, 5.41) is 0. The maximum atomic E-state index is 5.04. The molecule has 0 aromatic heterocycles. The molecule has 2 heteroatoms. The Kier molecular flexibility index (Phi) is 5.27. The second kappa shape index (κ2) is 6.57. The molecule has 0 radical (unpaired) electrons. The van der Waals surface area contributed by atoms with Gasteiger partial charge in [0.2, 0.25) is 0 Å². The van der Waals surface area contributed by atoms with E-state index < -0.39 is 0 Å². The number of methoxy groups -OCH3 is 2. The maximum Gasteiger partial charge on any atom is 0.0502 e. The first-order chi connectivity index (χ1) is 6.86. The summed E-state index contributed by atoms with van der Waals surface area (Å²) in [7, 11) is 3.46. The molecule has 0 aliphatic carbocycles. The van der Waals surface area contributed by atoms with Crippen LogP contribution in [-0.4, -0.2) is 27.4 Å². The van der Waals surface area contributed by atoms with Crippen LogP contribution < -0.4 is 0 Å². The van der Waals surface area contributed by atoms with E-state index >= 15 is 0 Å². The van der Waals surface area contributed by atoms with Crippen LogP contribution in [0.2, 0.25) is 0 Å². The lowest BCUT2D eigenvalue weighted by atomic mass is 10.1. The highest BCUT2D eigenvalue weighted by Gasteiger charge is 1.96. The Hall–Kier alpha value is -0.860. The number of benzene rings is 1. The molecule has 1 rings (SSSR count). The van der Waals surface area contributed by atoms with Crippen molar-refractivity contribution in [3.8, 4) is 0 Å². The number of hydrogen-bond donors (Lipinski definition) is 0. The van der Waals surface area contributed by atoms with Gasteiger partial charge in [-0.1, -0.05) is 24.3 Å². The van der Waals surface area contributed by atoms with Gasteiger partial charge in [0.15, 0.2) is 0 Å². The molecule has 0 aliphatic rings. The van der Waals surface area contributed by atoms with Crippen molar-refractivity contribution >= 4 is 0 Å². The average molecular weight is 194 g/mol. The molecule has 0 saturated carbocycles. The Labute approximate surface area is 85.8 Å². The van der Waals surface area contributed by atoms with Crippen LogP contribution in [0.1, 0.15) is 11.1 Å². The second-order valence-corrected chi connectivity index (χ2v) is 3.31. The van der Waals surface area contributed by atoms with Crippen molar-refractivity contribution in [2.75, 3.05) is 27.4 Å². The van der Waals surface area contributed by atoms with Gasteiger partial charge >= 0.3 is 0 Å². The minimum absolute atomic E-state index is 0.785. The second-order valence-electron chi connectivity index (χ2n) is 3.31. The molecular weight excluding hydrogens is 176 g/mol. The van der Waals surface area contributed by atoms with Crippen LogP contribution in [0.5, 0.6) is 0 Å². The minimum Gasteiger partial charge on any atom is -0.384 e. The average Bonchev–Trinajstić information content (AvgIpc) is 2.24. The molecule has 1 aromatic rings. The largest absolute Gasteiger partial charge is 0.384 e. The van der Waals surface area contributed by atoms with E-state index in [4.69, 9.17) is 9.47 Å². The summed E-state index contributed by atoms with van der Waals surface area (Å²) in [6.45, 7) is 1.57. The van der Waals surface area contributed by atoms with Gasteiger partial charge in [-0.05, 0) is 24.0 Å². The summed E-state index contributed by atoms with van der Waals surface area (Å²) in [5.74, 6) is 0. The highest BCUT2D eigenvalue weighted by Crippen LogP contribution is 2.07. The summed E-state index contributed by atoms with van der Waals surface area (Å²) >= 11 is 0. The predicted octanol–water partition coefficient (Wildman–Crippen LogP) is 2.06. The third-order valence-electron chi connectivity index (χ3n) is 2.18. The molecular formula is C12H18O2. The zero-order valence-electron chi connectivity index (χ0n) is 8.95. The van der Waals surface area contributed by atoms with Crippen molar-refractivity contribution < 1.29 is 9.47 Å². The normalized spacial score (nSPS) is 10.4. The van der Waals surface area contributed by atoms with Crippen molar-refractivity contribution in [2.24, 2.45) is 0 Å². The van der Waals surface area contributed by atoms with Gasteiger partial charge in [-0.2, -0.15) is 0 Å². The summed E-state index contributed by atoms with van der Waals surface area (Å²) < 4.78 is 10.1. The van der Waals surface area contributed by atoms with Crippen molar-refractivity contribution in [1.82, 2.24) is 0 Å². The molecule has 78 valence electrons. The SMILES string of the molecule is COCCc1cccc(CCOC)c1. The summed E-state index contributed by atoms with van der Waals surface area (Å²) in [5.41, 5.74) is 2.67. The van der Waals surface area contributed by atoms with Gasteiger partial charge in [0.05, 0.1) is 13.2 Å². The predicted molar refractivity (Wildman–Crippen MR) is 57.6 cm³/mol. The Morgan fingerprint density at radius 2 is 1.43 bits per heavy atom. The topological polar surface area (TPSA) is 18.5 Å². The van der Waals surface area contributed by atoms with E-state index in [1.807, 2.05) is 0 Å². The van der Waals surface area contributed by atoms with Gasteiger partial charge in [-0.25, -0.2) is 0 Å². The van der Waals surface area contributed by atoms with Crippen LogP contribution in [-0.2, 0) is 22.3 Å². The van der Waals surface area contributed by atoms with Gasteiger partial charge < -0.3 is 9.47 Å². The van der Waals surface area contributed by atoms with E-state index in [-0.39, 0.29) is 0 Å². The van der Waals surface area contributed by atoms with E-state index in [1.165, 1.54) is 11.1 Å². The fraction of sp³-hybridized carbons (Fsp3) is 0.500. The summed E-state index contributed by atoms with van der Waals surface area (Å²) in [6.07, 6.45) is 1.97.